The maximum atomic E-state index is 11.9. The normalized spacial score (nSPS) is 11.2. The van der Waals surface area contributed by atoms with Crippen LogP contribution >= 0.6 is 0 Å². The number of sulfonamides is 1. The predicted molar refractivity (Wildman–Crippen MR) is 105 cm³/mol. The van der Waals surface area contributed by atoms with Crippen LogP contribution in [0.4, 0.5) is 0 Å². The van der Waals surface area contributed by atoms with E-state index in [-0.39, 0.29) is 17.4 Å². The van der Waals surface area contributed by atoms with Gasteiger partial charge in [0.05, 0.1) is 4.90 Å². The van der Waals surface area contributed by atoms with Crippen LogP contribution in [0.5, 0.6) is 5.75 Å². The van der Waals surface area contributed by atoms with Crippen molar-refractivity contribution in [1.82, 2.24) is 10.0 Å². The minimum atomic E-state index is -3.44. The summed E-state index contributed by atoms with van der Waals surface area (Å²) < 4.78 is 31.7. The number of amides is 1. The van der Waals surface area contributed by atoms with E-state index in [9.17, 15) is 13.2 Å². The Hall–Kier alpha value is -2.38. The number of carbonyl (C=O) groups excluding carboxylic acids is 1. The van der Waals surface area contributed by atoms with Gasteiger partial charge in [0.15, 0.2) is 6.61 Å². The third-order valence-corrected chi connectivity index (χ3v) is 5.71. The lowest BCUT2D eigenvalue weighted by Crippen LogP contribution is -2.30. The van der Waals surface area contributed by atoms with E-state index >= 15 is 0 Å². The fraction of sp³-hybridized carbons (Fsp3) is 0.350. The van der Waals surface area contributed by atoms with Crippen LogP contribution in [-0.2, 0) is 21.2 Å². The Labute approximate surface area is 161 Å². The molecule has 2 N–H and O–H groups in total. The molecule has 2 aromatic rings. The topological polar surface area (TPSA) is 84.5 Å². The summed E-state index contributed by atoms with van der Waals surface area (Å²) in [6.07, 6.45) is 0.608. The molecule has 0 atom stereocenters. The molecule has 0 spiro atoms. The Morgan fingerprint density at radius 1 is 1.04 bits per heavy atom. The van der Waals surface area contributed by atoms with Crippen molar-refractivity contribution >= 4 is 15.9 Å². The smallest absolute Gasteiger partial charge is 0.257 e. The first-order valence-corrected chi connectivity index (χ1v) is 10.4. The van der Waals surface area contributed by atoms with E-state index in [1.54, 1.807) is 31.2 Å². The van der Waals surface area contributed by atoms with Crippen molar-refractivity contribution in [3.8, 4) is 5.75 Å². The summed E-state index contributed by atoms with van der Waals surface area (Å²) in [6, 6.07) is 12.4. The Kier molecular flexibility index (Phi) is 7.38. The molecular weight excluding hydrogens is 364 g/mol. The minimum absolute atomic E-state index is 0.0393. The first-order valence-electron chi connectivity index (χ1n) is 8.87. The summed E-state index contributed by atoms with van der Waals surface area (Å²) in [4.78, 5) is 12.1. The summed E-state index contributed by atoms with van der Waals surface area (Å²) in [5, 5.41) is 2.80. The van der Waals surface area contributed by atoms with Crippen LogP contribution in [-0.4, -0.2) is 34.0 Å². The molecule has 6 nitrogen and oxygen atoms in total. The van der Waals surface area contributed by atoms with Gasteiger partial charge in [-0.05, 0) is 61.2 Å². The Morgan fingerprint density at radius 3 is 2.37 bits per heavy atom. The fourth-order valence-corrected chi connectivity index (χ4v) is 3.50. The van der Waals surface area contributed by atoms with Gasteiger partial charge in [-0.25, -0.2) is 13.1 Å². The van der Waals surface area contributed by atoms with Crippen LogP contribution in [0.25, 0.3) is 0 Å². The lowest BCUT2D eigenvalue weighted by atomic mass is 10.1. The molecule has 0 fully saturated rings. The molecule has 7 heteroatoms. The third kappa shape index (κ3) is 6.37. The maximum absolute atomic E-state index is 11.9. The van der Waals surface area contributed by atoms with Crippen molar-refractivity contribution in [3.63, 3.8) is 0 Å². The van der Waals surface area contributed by atoms with Crippen molar-refractivity contribution in [3.05, 3.63) is 59.2 Å². The molecule has 2 aromatic carbocycles. The van der Waals surface area contributed by atoms with Crippen LogP contribution in [0.15, 0.2) is 47.4 Å². The molecular formula is C20H26N2O4S. The number of aryl methyl sites for hydroxylation is 2. The summed E-state index contributed by atoms with van der Waals surface area (Å²) in [5.74, 6) is 0.477. The van der Waals surface area contributed by atoms with Crippen LogP contribution in [0.1, 0.15) is 23.6 Å². The van der Waals surface area contributed by atoms with E-state index in [0.717, 1.165) is 11.1 Å². The van der Waals surface area contributed by atoms with E-state index < -0.39 is 10.0 Å². The van der Waals surface area contributed by atoms with Gasteiger partial charge >= 0.3 is 0 Å². The van der Waals surface area contributed by atoms with Crippen molar-refractivity contribution < 1.29 is 17.9 Å². The molecule has 146 valence electrons. The van der Waals surface area contributed by atoms with Gasteiger partial charge in [-0.2, -0.15) is 0 Å². The lowest BCUT2D eigenvalue weighted by molar-refractivity contribution is -0.123. The van der Waals surface area contributed by atoms with E-state index in [2.05, 4.69) is 10.0 Å². The molecule has 0 bridgehead atoms. The van der Waals surface area contributed by atoms with Gasteiger partial charge < -0.3 is 10.1 Å². The molecule has 0 aromatic heterocycles. The number of hydrogen-bond acceptors (Lipinski definition) is 4. The predicted octanol–water partition coefficient (Wildman–Crippen LogP) is 2.34. The first kappa shape index (κ1) is 20.9. The molecule has 0 saturated carbocycles. The molecule has 27 heavy (non-hydrogen) atoms. The zero-order chi connectivity index (χ0) is 19.9. The number of carbonyl (C=O) groups is 1. The summed E-state index contributed by atoms with van der Waals surface area (Å²) in [7, 11) is -3.44. The van der Waals surface area contributed by atoms with Crippen molar-refractivity contribution in [2.45, 2.75) is 32.1 Å². The molecule has 0 unspecified atom stereocenters. The highest BCUT2D eigenvalue weighted by Crippen LogP contribution is 2.16. The molecule has 0 radical (unpaired) electrons. The standard InChI is InChI=1S/C20H26N2O4S/c1-4-22-27(24,25)19-9-6-17(7-10-19)11-12-21-20(23)14-26-18-8-5-15(2)16(3)13-18/h5-10,13,22H,4,11-12,14H2,1-3H3,(H,21,23). The van der Waals surface area contributed by atoms with Gasteiger partial charge in [-0.1, -0.05) is 25.1 Å². The Balaban J connectivity index is 1.77. The fourth-order valence-electron chi connectivity index (χ4n) is 2.46. The second-order valence-corrected chi connectivity index (χ2v) is 8.05. The van der Waals surface area contributed by atoms with Crippen LogP contribution < -0.4 is 14.8 Å². The Bertz CT molecular complexity index is 877. The summed E-state index contributed by atoms with van der Waals surface area (Å²) in [6.45, 7) is 6.51. The van der Waals surface area contributed by atoms with Gasteiger partial charge in [-0.15, -0.1) is 0 Å². The minimum Gasteiger partial charge on any atom is -0.484 e. The average Bonchev–Trinajstić information content (AvgIpc) is 2.63. The number of nitrogens with one attached hydrogen (secondary N) is 2. The second-order valence-electron chi connectivity index (χ2n) is 6.28. The molecule has 1 amide bonds. The molecule has 0 heterocycles. The monoisotopic (exact) mass is 390 g/mol. The van der Waals surface area contributed by atoms with Crippen LogP contribution in [0.3, 0.4) is 0 Å². The Morgan fingerprint density at radius 2 is 1.74 bits per heavy atom. The van der Waals surface area contributed by atoms with E-state index in [4.69, 9.17) is 4.74 Å². The van der Waals surface area contributed by atoms with Crippen molar-refractivity contribution in [2.75, 3.05) is 19.7 Å². The van der Waals surface area contributed by atoms with E-state index in [1.165, 1.54) is 5.56 Å². The number of benzene rings is 2. The quantitative estimate of drug-likeness (QED) is 0.688. The summed E-state index contributed by atoms with van der Waals surface area (Å²) >= 11 is 0. The number of rotatable bonds is 9. The van der Waals surface area contributed by atoms with Crippen LogP contribution in [0, 0.1) is 13.8 Å². The average molecular weight is 391 g/mol. The van der Waals surface area contributed by atoms with Crippen molar-refractivity contribution in [2.24, 2.45) is 0 Å². The van der Waals surface area contributed by atoms with Crippen molar-refractivity contribution in [1.29, 1.82) is 0 Å². The van der Waals surface area contributed by atoms with Gasteiger partial charge in [0.1, 0.15) is 5.75 Å². The number of ether oxygens (including phenoxy) is 1. The second kappa shape index (κ2) is 9.53. The maximum Gasteiger partial charge on any atom is 0.257 e. The van der Waals surface area contributed by atoms with Gasteiger partial charge in [0.2, 0.25) is 10.0 Å². The van der Waals surface area contributed by atoms with Gasteiger partial charge in [0, 0.05) is 13.1 Å². The van der Waals surface area contributed by atoms with Gasteiger partial charge in [-0.3, -0.25) is 4.79 Å². The molecule has 0 aliphatic carbocycles. The molecule has 0 aliphatic heterocycles. The first-order chi connectivity index (χ1) is 12.8. The number of hydrogen-bond donors (Lipinski definition) is 2. The highest BCUT2D eigenvalue weighted by atomic mass is 32.2. The highest BCUT2D eigenvalue weighted by Gasteiger charge is 2.11. The molecule has 2 rings (SSSR count). The van der Waals surface area contributed by atoms with Gasteiger partial charge in [0.25, 0.3) is 5.91 Å². The molecule has 0 saturated heterocycles. The molecule has 0 aliphatic rings. The van der Waals surface area contributed by atoms with E-state index in [0.29, 0.717) is 25.3 Å². The lowest BCUT2D eigenvalue weighted by Gasteiger charge is -2.09. The largest absolute Gasteiger partial charge is 0.484 e. The third-order valence-electron chi connectivity index (χ3n) is 4.15. The van der Waals surface area contributed by atoms with Crippen LogP contribution in [0.2, 0.25) is 0 Å². The zero-order valence-corrected chi connectivity index (χ0v) is 16.7. The summed E-state index contributed by atoms with van der Waals surface area (Å²) in [5.41, 5.74) is 3.24. The zero-order valence-electron chi connectivity index (χ0n) is 15.9. The SMILES string of the molecule is CCNS(=O)(=O)c1ccc(CCNC(=O)COc2ccc(C)c(C)c2)cc1. The van der Waals surface area contributed by atoms with E-state index in [1.807, 2.05) is 32.0 Å². The highest BCUT2D eigenvalue weighted by molar-refractivity contribution is 7.89.